The van der Waals surface area contributed by atoms with Crippen LogP contribution in [0.2, 0.25) is 10.0 Å². The van der Waals surface area contributed by atoms with Crippen LogP contribution in [0.15, 0.2) is 47.6 Å². The van der Waals surface area contributed by atoms with Gasteiger partial charge in [-0.2, -0.15) is 14.9 Å². The molecule has 0 fully saturated rings. The fourth-order valence-electron chi connectivity index (χ4n) is 2.02. The molecule has 0 bridgehead atoms. The van der Waals surface area contributed by atoms with Gasteiger partial charge in [0.2, 0.25) is 4.77 Å². The van der Waals surface area contributed by atoms with Crippen molar-refractivity contribution in [2.24, 2.45) is 5.10 Å². The van der Waals surface area contributed by atoms with Crippen LogP contribution < -0.4 is 0 Å². The molecule has 0 saturated heterocycles. The highest BCUT2D eigenvalue weighted by Crippen LogP contribution is 2.29. The van der Waals surface area contributed by atoms with Crippen molar-refractivity contribution in [3.8, 4) is 11.4 Å². The van der Waals surface area contributed by atoms with Gasteiger partial charge in [0.25, 0.3) is 0 Å². The zero-order chi connectivity index (χ0) is 16.4. The van der Waals surface area contributed by atoms with Crippen LogP contribution in [0.4, 0.5) is 0 Å². The third kappa shape index (κ3) is 3.52. The van der Waals surface area contributed by atoms with Gasteiger partial charge in [-0.15, -0.1) is 0 Å². The lowest BCUT2D eigenvalue weighted by Gasteiger charge is -2.04. The predicted octanol–water partition coefficient (Wildman–Crippen LogP) is 5.11. The lowest BCUT2D eigenvalue weighted by Crippen LogP contribution is -1.95. The van der Waals surface area contributed by atoms with Crippen LogP contribution in [0.3, 0.4) is 0 Å². The van der Waals surface area contributed by atoms with Gasteiger partial charge >= 0.3 is 0 Å². The molecule has 0 radical (unpaired) electrons. The molecule has 23 heavy (non-hydrogen) atoms. The molecule has 0 atom stereocenters. The van der Waals surface area contributed by atoms with E-state index >= 15 is 0 Å². The highest BCUT2D eigenvalue weighted by Gasteiger charge is 2.12. The summed E-state index contributed by atoms with van der Waals surface area (Å²) in [6, 6.07) is 13.2. The zero-order valence-electron chi connectivity index (χ0n) is 12.1. The summed E-state index contributed by atoms with van der Waals surface area (Å²) in [6.07, 6.45) is 1.72. The first-order chi connectivity index (χ1) is 11.0. The lowest BCUT2D eigenvalue weighted by molar-refractivity contribution is 0.871. The van der Waals surface area contributed by atoms with E-state index in [1.54, 1.807) is 24.4 Å². The summed E-state index contributed by atoms with van der Waals surface area (Å²) in [7, 11) is 0. The van der Waals surface area contributed by atoms with Crippen molar-refractivity contribution < 1.29 is 0 Å². The first-order valence-electron chi connectivity index (χ1n) is 6.78. The minimum atomic E-state index is 0.384. The van der Waals surface area contributed by atoms with Crippen molar-refractivity contribution in [2.45, 2.75) is 6.92 Å². The third-order valence-corrected chi connectivity index (χ3v) is 4.03. The van der Waals surface area contributed by atoms with E-state index in [1.807, 2.05) is 31.2 Å². The minimum absolute atomic E-state index is 0.384. The number of nitrogens with zero attached hydrogens (tertiary/aromatic N) is 3. The minimum Gasteiger partial charge on any atom is -0.250 e. The van der Waals surface area contributed by atoms with Gasteiger partial charge in [-0.25, -0.2) is 5.10 Å². The van der Waals surface area contributed by atoms with Gasteiger partial charge in [0.05, 0.1) is 11.2 Å². The Balaban J connectivity index is 2.02. The number of benzene rings is 2. The van der Waals surface area contributed by atoms with Crippen LogP contribution in [0.5, 0.6) is 0 Å². The molecule has 1 heterocycles. The molecule has 0 unspecified atom stereocenters. The molecule has 3 aromatic rings. The molecule has 116 valence electrons. The first kappa shape index (κ1) is 15.9. The van der Waals surface area contributed by atoms with Gasteiger partial charge in [-0.05, 0) is 42.9 Å². The maximum Gasteiger partial charge on any atom is 0.216 e. The van der Waals surface area contributed by atoms with Gasteiger partial charge < -0.3 is 0 Å². The van der Waals surface area contributed by atoms with Crippen LogP contribution in [-0.4, -0.2) is 21.1 Å². The van der Waals surface area contributed by atoms with Gasteiger partial charge in [0.1, 0.15) is 0 Å². The number of aryl methyl sites for hydroxylation is 1. The Hall–Kier alpha value is -1.95. The summed E-state index contributed by atoms with van der Waals surface area (Å²) in [5.74, 6) is 0.528. The molecule has 0 aliphatic carbocycles. The monoisotopic (exact) mass is 362 g/mol. The predicted molar refractivity (Wildman–Crippen MR) is 97.0 cm³/mol. The Labute approximate surface area is 148 Å². The van der Waals surface area contributed by atoms with Gasteiger partial charge in [-0.3, -0.25) is 0 Å². The Kier molecular flexibility index (Phi) is 4.61. The number of H-pyrrole nitrogens is 1. The molecule has 0 saturated carbocycles. The Bertz CT molecular complexity index is 926. The summed E-state index contributed by atoms with van der Waals surface area (Å²) >= 11 is 17.4. The van der Waals surface area contributed by atoms with E-state index in [9.17, 15) is 0 Å². The molecular formula is C16H12Cl2N4S. The summed E-state index contributed by atoms with van der Waals surface area (Å²) in [6.45, 7) is 2.04. The van der Waals surface area contributed by atoms with E-state index in [4.69, 9.17) is 35.4 Å². The highest BCUT2D eigenvalue weighted by atomic mass is 35.5. The van der Waals surface area contributed by atoms with E-state index in [1.165, 1.54) is 10.2 Å². The smallest absolute Gasteiger partial charge is 0.216 e. The fraction of sp³-hybridized carbons (Fsp3) is 0.0625. The zero-order valence-corrected chi connectivity index (χ0v) is 14.5. The number of aromatic nitrogens is 3. The standard InChI is InChI=1S/C16H12Cl2N4S/c1-10-2-4-11(5-3-10)9-19-22-15(20-21-16(22)23)13-7-6-12(17)8-14(13)18/h2-9H,1H3,(H,21,23)/b19-9+. The second-order valence-corrected chi connectivity index (χ2v) is 6.17. The van der Waals surface area contributed by atoms with E-state index in [-0.39, 0.29) is 0 Å². The largest absolute Gasteiger partial charge is 0.250 e. The Morgan fingerprint density at radius 3 is 2.61 bits per heavy atom. The van der Waals surface area contributed by atoms with Crippen molar-refractivity contribution in [1.82, 2.24) is 14.9 Å². The normalized spacial score (nSPS) is 11.3. The van der Waals surface area contributed by atoms with E-state index in [0.717, 1.165) is 5.56 Å². The number of halogens is 2. The number of hydrogen-bond donors (Lipinski definition) is 1. The Morgan fingerprint density at radius 1 is 1.17 bits per heavy atom. The van der Waals surface area contributed by atoms with Crippen molar-refractivity contribution in [3.63, 3.8) is 0 Å². The molecule has 7 heteroatoms. The molecule has 1 N–H and O–H groups in total. The third-order valence-electron chi connectivity index (χ3n) is 3.22. The van der Waals surface area contributed by atoms with Crippen molar-refractivity contribution in [3.05, 3.63) is 68.4 Å². The van der Waals surface area contributed by atoms with Crippen LogP contribution in [0, 0.1) is 11.7 Å². The molecule has 0 aliphatic rings. The fourth-order valence-corrected chi connectivity index (χ4v) is 2.69. The number of nitrogens with one attached hydrogen (secondary N) is 1. The second-order valence-electron chi connectivity index (χ2n) is 4.94. The molecule has 4 nitrogen and oxygen atoms in total. The Morgan fingerprint density at radius 2 is 1.91 bits per heavy atom. The quantitative estimate of drug-likeness (QED) is 0.520. The van der Waals surface area contributed by atoms with E-state index in [0.29, 0.717) is 26.2 Å². The topological polar surface area (TPSA) is 46.0 Å². The average molecular weight is 363 g/mol. The van der Waals surface area contributed by atoms with E-state index in [2.05, 4.69) is 15.3 Å². The summed E-state index contributed by atoms with van der Waals surface area (Å²) in [4.78, 5) is 0. The second kappa shape index (κ2) is 6.66. The van der Waals surface area contributed by atoms with Gasteiger partial charge in [-0.1, -0.05) is 53.0 Å². The average Bonchev–Trinajstić information content (AvgIpc) is 2.88. The maximum absolute atomic E-state index is 6.24. The summed E-state index contributed by atoms with van der Waals surface area (Å²) < 4.78 is 1.92. The maximum atomic E-state index is 6.24. The number of hydrogen-bond acceptors (Lipinski definition) is 3. The van der Waals surface area contributed by atoms with Crippen molar-refractivity contribution in [1.29, 1.82) is 0 Å². The number of rotatable bonds is 3. The van der Waals surface area contributed by atoms with Crippen molar-refractivity contribution in [2.75, 3.05) is 0 Å². The molecular weight excluding hydrogens is 351 g/mol. The van der Waals surface area contributed by atoms with Gasteiger partial charge in [0, 0.05) is 10.6 Å². The number of aromatic amines is 1. The van der Waals surface area contributed by atoms with Crippen molar-refractivity contribution >= 4 is 41.6 Å². The molecule has 3 rings (SSSR count). The SMILES string of the molecule is Cc1ccc(/C=N/n2c(-c3ccc(Cl)cc3Cl)n[nH]c2=S)cc1. The van der Waals surface area contributed by atoms with E-state index < -0.39 is 0 Å². The summed E-state index contributed by atoms with van der Waals surface area (Å²) in [5.41, 5.74) is 2.85. The molecule has 1 aromatic heterocycles. The highest BCUT2D eigenvalue weighted by molar-refractivity contribution is 7.71. The van der Waals surface area contributed by atoms with Crippen LogP contribution >= 0.6 is 35.4 Å². The van der Waals surface area contributed by atoms with Crippen LogP contribution in [0.25, 0.3) is 11.4 Å². The lowest BCUT2D eigenvalue weighted by atomic mass is 10.2. The molecule has 2 aromatic carbocycles. The molecule has 0 spiro atoms. The first-order valence-corrected chi connectivity index (χ1v) is 7.95. The molecule has 0 amide bonds. The van der Waals surface area contributed by atoms with Crippen LogP contribution in [0.1, 0.15) is 11.1 Å². The van der Waals surface area contributed by atoms with Crippen LogP contribution in [-0.2, 0) is 0 Å². The van der Waals surface area contributed by atoms with Gasteiger partial charge in [0.15, 0.2) is 5.82 Å². The molecule has 0 aliphatic heterocycles. The summed E-state index contributed by atoms with van der Waals surface area (Å²) in [5, 5.41) is 12.4.